The van der Waals surface area contributed by atoms with Crippen molar-refractivity contribution in [1.82, 2.24) is 4.90 Å². The van der Waals surface area contributed by atoms with Crippen LogP contribution in [0.1, 0.15) is 18.0 Å². The number of methoxy groups -OCH3 is 4. The van der Waals surface area contributed by atoms with Crippen molar-refractivity contribution >= 4 is 34.8 Å². The number of ether oxygens (including phenoxy) is 4. The normalized spacial score (nSPS) is 29.2. The monoisotopic (exact) mass is 668 g/mol. The summed E-state index contributed by atoms with van der Waals surface area (Å²) < 4.78 is 22.0. The van der Waals surface area contributed by atoms with Gasteiger partial charge in [0.2, 0.25) is 11.8 Å². The molecule has 3 heterocycles. The number of nitrogens with zero attached hydrogens (tertiary/aromatic N) is 6. The van der Waals surface area contributed by atoms with Crippen molar-refractivity contribution in [2.45, 2.75) is 30.6 Å². The quantitative estimate of drug-likeness (QED) is 0.141. The lowest BCUT2D eigenvalue weighted by molar-refractivity contribution is -0.384. The Morgan fingerprint density at radius 2 is 1.43 bits per heavy atom. The van der Waals surface area contributed by atoms with E-state index in [0.29, 0.717) is 46.4 Å². The molecular formula is C34H32N6O9. The lowest BCUT2D eigenvalue weighted by Gasteiger charge is -2.50. The zero-order valence-electron chi connectivity index (χ0n) is 27.0. The van der Waals surface area contributed by atoms with Gasteiger partial charge in [0.05, 0.1) is 74.7 Å². The average Bonchev–Trinajstić information content (AvgIpc) is 3.88. The molecule has 252 valence electrons. The van der Waals surface area contributed by atoms with Crippen LogP contribution in [0.2, 0.25) is 0 Å². The Bertz CT molecular complexity index is 1940. The van der Waals surface area contributed by atoms with Crippen molar-refractivity contribution in [3.63, 3.8) is 0 Å². The first-order chi connectivity index (χ1) is 23.7. The Balaban J connectivity index is 1.15. The van der Waals surface area contributed by atoms with Gasteiger partial charge in [-0.15, -0.1) is 0 Å². The topological polar surface area (TPSA) is 166 Å². The summed E-state index contributed by atoms with van der Waals surface area (Å²) in [5.74, 6) is -1.12. The van der Waals surface area contributed by atoms with Crippen LogP contribution in [0.4, 0.5) is 17.1 Å². The maximum absolute atomic E-state index is 14.5. The number of anilines is 2. The molecule has 4 fully saturated rings. The molecule has 3 amide bonds. The van der Waals surface area contributed by atoms with Gasteiger partial charge >= 0.3 is 0 Å². The molecule has 2 saturated heterocycles. The third kappa shape index (κ3) is 4.23. The Morgan fingerprint density at radius 1 is 0.735 bits per heavy atom. The van der Waals surface area contributed by atoms with Gasteiger partial charge in [0.25, 0.3) is 11.6 Å². The number of nitro benzene ring substituents is 1. The van der Waals surface area contributed by atoms with E-state index in [9.17, 15) is 24.5 Å². The molecule has 0 aromatic heterocycles. The Hall–Kier alpha value is -5.73. The highest BCUT2D eigenvalue weighted by atomic mass is 16.6. The van der Waals surface area contributed by atoms with Crippen LogP contribution in [0.15, 0.2) is 71.0 Å². The lowest BCUT2D eigenvalue weighted by atomic mass is 9.76. The highest BCUT2D eigenvalue weighted by molar-refractivity contribution is 6.15. The highest BCUT2D eigenvalue weighted by Gasteiger charge is 2.72. The standard InChI is InChI=1S/C34H32N6O9/c1-46-19-10-11-22(24(14-19)48-3)37-29(16-5-12-23(47-2)25(13-16)49-4)31(34(37)43)38-32(41)26-20-15-21(27(26)33(38)42)30-28(20)35-36-39(30)17-6-8-18(9-7-17)40(44)45/h5-14,20-21,26-31H,15H2,1-4H3. The minimum Gasteiger partial charge on any atom is -0.497 e. The van der Waals surface area contributed by atoms with Crippen LogP contribution in [-0.2, 0) is 14.4 Å². The summed E-state index contributed by atoms with van der Waals surface area (Å²) >= 11 is 0. The number of benzene rings is 3. The first-order valence-electron chi connectivity index (χ1n) is 15.8. The van der Waals surface area contributed by atoms with Gasteiger partial charge in [0.1, 0.15) is 17.5 Å². The Labute approximate surface area is 280 Å². The fraction of sp³-hybridized carbons (Fsp3) is 0.382. The zero-order valence-corrected chi connectivity index (χ0v) is 27.0. The maximum atomic E-state index is 14.5. The minimum absolute atomic E-state index is 0.0489. The number of hydrogen-bond donors (Lipinski definition) is 0. The zero-order chi connectivity index (χ0) is 34.3. The molecule has 0 radical (unpaired) electrons. The summed E-state index contributed by atoms with van der Waals surface area (Å²) in [6, 6.07) is 13.9. The van der Waals surface area contributed by atoms with Gasteiger partial charge in [-0.1, -0.05) is 11.3 Å². The number of β-lactam (4-membered cyclic amide) rings is 1. The second kappa shape index (κ2) is 11.2. The number of hydrogen-bond acceptors (Lipinski definition) is 12. The smallest absolute Gasteiger partial charge is 0.269 e. The number of rotatable bonds is 9. The molecule has 0 spiro atoms. The number of imide groups is 1. The van der Waals surface area contributed by atoms with Crippen molar-refractivity contribution < 1.29 is 38.3 Å². The van der Waals surface area contributed by atoms with Gasteiger partial charge in [-0.05, 0) is 60.2 Å². The number of carbonyl (C=O) groups excluding carboxylic acids is 3. The van der Waals surface area contributed by atoms with Crippen molar-refractivity contribution in [3.8, 4) is 23.0 Å². The van der Waals surface area contributed by atoms with E-state index in [4.69, 9.17) is 18.9 Å². The molecule has 8 unspecified atom stereocenters. The van der Waals surface area contributed by atoms with Gasteiger partial charge in [-0.2, -0.15) is 5.11 Å². The lowest BCUT2D eigenvalue weighted by Crippen LogP contribution is -2.67. The van der Waals surface area contributed by atoms with Crippen LogP contribution < -0.4 is 28.9 Å². The number of fused-ring (bicyclic) bond motifs is 8. The van der Waals surface area contributed by atoms with Gasteiger partial charge < -0.3 is 18.9 Å². The van der Waals surface area contributed by atoms with Gasteiger partial charge in [0, 0.05) is 18.2 Å². The molecule has 8 atom stereocenters. The van der Waals surface area contributed by atoms with Crippen LogP contribution in [0, 0.1) is 33.8 Å². The van der Waals surface area contributed by atoms with E-state index in [1.165, 1.54) is 50.4 Å². The largest absolute Gasteiger partial charge is 0.497 e. The molecule has 15 nitrogen and oxygen atoms in total. The van der Waals surface area contributed by atoms with Crippen LogP contribution >= 0.6 is 0 Å². The van der Waals surface area contributed by atoms with Crippen LogP contribution in [-0.4, -0.2) is 74.1 Å². The summed E-state index contributed by atoms with van der Waals surface area (Å²) in [4.78, 5) is 56.6. The van der Waals surface area contributed by atoms with Crippen LogP contribution in [0.5, 0.6) is 23.0 Å². The number of nitro groups is 1. The second-order valence-corrected chi connectivity index (χ2v) is 12.7. The average molecular weight is 669 g/mol. The summed E-state index contributed by atoms with van der Waals surface area (Å²) in [5, 5.41) is 21.8. The molecule has 2 aliphatic carbocycles. The van der Waals surface area contributed by atoms with E-state index in [0.717, 1.165) is 0 Å². The molecule has 2 bridgehead atoms. The molecule has 49 heavy (non-hydrogen) atoms. The van der Waals surface area contributed by atoms with E-state index in [-0.39, 0.29) is 41.4 Å². The third-order valence-electron chi connectivity index (χ3n) is 10.8. The van der Waals surface area contributed by atoms with E-state index in [1.54, 1.807) is 53.5 Å². The second-order valence-electron chi connectivity index (χ2n) is 12.7. The fourth-order valence-electron chi connectivity index (χ4n) is 8.68. The van der Waals surface area contributed by atoms with E-state index >= 15 is 0 Å². The first-order valence-corrected chi connectivity index (χ1v) is 15.8. The minimum atomic E-state index is -1.11. The molecule has 5 aliphatic rings. The first kappa shape index (κ1) is 30.6. The predicted molar refractivity (Wildman–Crippen MR) is 172 cm³/mol. The number of non-ortho nitro benzene ring substituents is 1. The third-order valence-corrected chi connectivity index (χ3v) is 10.8. The van der Waals surface area contributed by atoms with Crippen molar-refractivity contribution in [3.05, 3.63) is 76.3 Å². The maximum Gasteiger partial charge on any atom is 0.269 e. The van der Waals surface area contributed by atoms with E-state index < -0.39 is 34.7 Å². The summed E-state index contributed by atoms with van der Waals surface area (Å²) in [5.41, 5.74) is 1.66. The van der Waals surface area contributed by atoms with E-state index in [2.05, 4.69) is 10.3 Å². The Kier molecular flexibility index (Phi) is 6.98. The number of likely N-dealkylation sites (tertiary alicyclic amines) is 1. The van der Waals surface area contributed by atoms with Crippen molar-refractivity contribution in [1.29, 1.82) is 0 Å². The summed E-state index contributed by atoms with van der Waals surface area (Å²) in [6.45, 7) is 0. The van der Waals surface area contributed by atoms with Gasteiger partial charge in [-0.25, -0.2) is 5.01 Å². The van der Waals surface area contributed by atoms with Crippen LogP contribution in [0.3, 0.4) is 0 Å². The van der Waals surface area contributed by atoms with E-state index in [1.807, 2.05) is 0 Å². The van der Waals surface area contributed by atoms with Crippen molar-refractivity contribution in [2.75, 3.05) is 38.3 Å². The highest BCUT2D eigenvalue weighted by Crippen LogP contribution is 2.61. The molecule has 8 rings (SSSR count). The molecule has 3 aromatic carbocycles. The SMILES string of the molecule is COc1ccc(N2C(=O)C(N3C(=O)C4C5CC(C4C3=O)C3C5N=NN3c3ccc([N+](=O)[O-])cc3)C2c2ccc(OC)c(OC)c2)c(OC)c1. The molecule has 2 saturated carbocycles. The summed E-state index contributed by atoms with van der Waals surface area (Å²) in [7, 11) is 6.05. The molecule has 3 aromatic rings. The molecule has 3 aliphatic heterocycles. The predicted octanol–water partition coefficient (Wildman–Crippen LogP) is 3.96. The number of amides is 3. The Morgan fingerprint density at radius 3 is 2.08 bits per heavy atom. The van der Waals surface area contributed by atoms with Crippen LogP contribution in [0.25, 0.3) is 0 Å². The van der Waals surface area contributed by atoms with Gasteiger partial charge in [-0.3, -0.25) is 34.3 Å². The van der Waals surface area contributed by atoms with Gasteiger partial charge in [0.15, 0.2) is 11.5 Å². The molecule has 0 N–H and O–H groups in total. The molecule has 15 heteroatoms. The summed E-state index contributed by atoms with van der Waals surface area (Å²) in [6.07, 6.45) is 0.616. The molecular weight excluding hydrogens is 636 g/mol. The fourth-order valence-corrected chi connectivity index (χ4v) is 8.68. The van der Waals surface area contributed by atoms with Crippen molar-refractivity contribution in [2.24, 2.45) is 34.0 Å². The number of carbonyl (C=O) groups is 3.